The first-order chi connectivity index (χ1) is 9.10. The van der Waals surface area contributed by atoms with Crippen LogP contribution in [-0.2, 0) is 26.9 Å². The van der Waals surface area contributed by atoms with Crippen LogP contribution in [0.1, 0.15) is 11.6 Å². The number of aliphatic hydroxyl groups excluding tert-OH is 2. The Morgan fingerprint density at radius 3 is 1.63 bits per heavy atom. The fourth-order valence-electron chi connectivity index (χ4n) is 2.14. The zero-order chi connectivity index (χ0) is 13.9. The second-order valence-corrected chi connectivity index (χ2v) is 5.08. The molecule has 2 N–H and O–H groups in total. The van der Waals surface area contributed by atoms with Crippen molar-refractivity contribution in [1.82, 2.24) is 19.1 Å². The number of hydrogen-bond donors (Lipinski definition) is 2. The summed E-state index contributed by atoms with van der Waals surface area (Å²) in [6.07, 6.45) is 8.17. The molecule has 0 radical (unpaired) electrons. The summed E-state index contributed by atoms with van der Waals surface area (Å²) in [6, 6.07) is 0. The highest BCUT2D eigenvalue weighted by Crippen LogP contribution is 2.26. The number of rotatable bonds is 6. The van der Waals surface area contributed by atoms with E-state index in [-0.39, 0.29) is 13.2 Å². The van der Waals surface area contributed by atoms with Crippen LogP contribution in [0, 0.1) is 5.41 Å². The van der Waals surface area contributed by atoms with Gasteiger partial charge in [-0.1, -0.05) is 0 Å². The van der Waals surface area contributed by atoms with Crippen molar-refractivity contribution in [2.24, 2.45) is 19.5 Å². The molecular weight excluding hydrogens is 244 g/mol. The van der Waals surface area contributed by atoms with Gasteiger partial charge in [-0.05, 0) is 0 Å². The highest BCUT2D eigenvalue weighted by atomic mass is 16.3. The van der Waals surface area contributed by atoms with Gasteiger partial charge in [-0.15, -0.1) is 0 Å². The van der Waals surface area contributed by atoms with Gasteiger partial charge >= 0.3 is 0 Å². The first-order valence-corrected chi connectivity index (χ1v) is 6.24. The minimum absolute atomic E-state index is 0.108. The number of aryl methyl sites for hydroxylation is 2. The molecule has 0 bridgehead atoms. The van der Waals surface area contributed by atoms with Crippen molar-refractivity contribution >= 4 is 0 Å². The first kappa shape index (κ1) is 13.8. The van der Waals surface area contributed by atoms with Crippen molar-refractivity contribution in [3.63, 3.8) is 0 Å². The summed E-state index contributed by atoms with van der Waals surface area (Å²) in [5.74, 6) is 1.69. The molecule has 2 heterocycles. The summed E-state index contributed by atoms with van der Waals surface area (Å²) in [5, 5.41) is 19.4. The lowest BCUT2D eigenvalue weighted by Crippen LogP contribution is -2.36. The van der Waals surface area contributed by atoms with Gasteiger partial charge in [-0.25, -0.2) is 9.97 Å². The molecule has 19 heavy (non-hydrogen) atoms. The Labute approximate surface area is 112 Å². The maximum atomic E-state index is 9.72. The Morgan fingerprint density at radius 1 is 0.947 bits per heavy atom. The van der Waals surface area contributed by atoms with Crippen molar-refractivity contribution in [3.8, 4) is 0 Å². The van der Waals surface area contributed by atoms with Crippen LogP contribution in [0.3, 0.4) is 0 Å². The topological polar surface area (TPSA) is 76.1 Å². The van der Waals surface area contributed by atoms with Gasteiger partial charge in [-0.3, -0.25) is 0 Å². The van der Waals surface area contributed by atoms with E-state index >= 15 is 0 Å². The Balaban J connectivity index is 2.22. The number of nitrogens with zero attached hydrogens (tertiary/aromatic N) is 4. The SMILES string of the molecule is Cn1ccnc1CC(CO)(CO)Cc1nccn1C. The zero-order valence-electron chi connectivity index (χ0n) is 11.3. The lowest BCUT2D eigenvalue weighted by molar-refractivity contribution is 0.0504. The normalized spacial score (nSPS) is 12.0. The second kappa shape index (κ2) is 5.54. The van der Waals surface area contributed by atoms with Gasteiger partial charge in [-0.2, -0.15) is 0 Å². The van der Waals surface area contributed by atoms with Gasteiger partial charge in [0.1, 0.15) is 11.6 Å². The average Bonchev–Trinajstić information content (AvgIpc) is 2.99. The molecule has 0 aliphatic heterocycles. The predicted molar refractivity (Wildman–Crippen MR) is 70.4 cm³/mol. The van der Waals surface area contributed by atoms with Crippen LogP contribution in [0.2, 0.25) is 0 Å². The molecular formula is C13H20N4O2. The molecule has 0 aromatic carbocycles. The van der Waals surface area contributed by atoms with Gasteiger partial charge in [0.2, 0.25) is 0 Å². The monoisotopic (exact) mass is 264 g/mol. The Hall–Kier alpha value is -1.66. The van der Waals surface area contributed by atoms with E-state index in [9.17, 15) is 10.2 Å². The van der Waals surface area contributed by atoms with Gasteiger partial charge in [0.25, 0.3) is 0 Å². The average molecular weight is 264 g/mol. The van der Waals surface area contributed by atoms with Crippen molar-refractivity contribution in [3.05, 3.63) is 36.4 Å². The van der Waals surface area contributed by atoms with E-state index in [1.165, 1.54) is 0 Å². The summed E-state index contributed by atoms with van der Waals surface area (Å²) < 4.78 is 3.80. The summed E-state index contributed by atoms with van der Waals surface area (Å²) in [7, 11) is 3.81. The number of aromatic nitrogens is 4. The van der Waals surface area contributed by atoms with Crippen molar-refractivity contribution in [1.29, 1.82) is 0 Å². The van der Waals surface area contributed by atoms with E-state index < -0.39 is 5.41 Å². The number of hydrogen-bond acceptors (Lipinski definition) is 4. The third-order valence-electron chi connectivity index (χ3n) is 3.58. The fraction of sp³-hybridized carbons (Fsp3) is 0.538. The maximum absolute atomic E-state index is 9.72. The van der Waals surface area contributed by atoms with Crippen LogP contribution in [0.15, 0.2) is 24.8 Å². The van der Waals surface area contributed by atoms with Gasteiger partial charge < -0.3 is 19.3 Å². The Bertz CT molecular complexity index is 484. The minimum Gasteiger partial charge on any atom is -0.396 e. The Kier molecular flexibility index (Phi) is 4.01. The predicted octanol–water partition coefficient (Wildman–Crippen LogP) is -0.0902. The van der Waals surface area contributed by atoms with Crippen molar-refractivity contribution in [2.75, 3.05) is 13.2 Å². The molecule has 0 spiro atoms. The molecule has 0 saturated carbocycles. The van der Waals surface area contributed by atoms with Crippen LogP contribution in [0.25, 0.3) is 0 Å². The zero-order valence-corrected chi connectivity index (χ0v) is 11.3. The smallest absolute Gasteiger partial charge is 0.109 e. The minimum atomic E-state index is -0.641. The van der Waals surface area contributed by atoms with E-state index in [1.807, 2.05) is 35.6 Å². The molecule has 0 aliphatic rings. The van der Waals surface area contributed by atoms with Gasteiger partial charge in [0, 0.05) is 57.1 Å². The molecule has 0 amide bonds. The summed E-state index contributed by atoms with van der Waals surface area (Å²) in [5.41, 5.74) is -0.641. The third kappa shape index (κ3) is 2.85. The molecule has 0 aliphatic carbocycles. The van der Waals surface area contributed by atoms with E-state index in [1.54, 1.807) is 12.4 Å². The number of imidazole rings is 2. The lowest BCUT2D eigenvalue weighted by atomic mass is 9.82. The Morgan fingerprint density at radius 2 is 1.37 bits per heavy atom. The largest absolute Gasteiger partial charge is 0.396 e. The van der Waals surface area contributed by atoms with Crippen LogP contribution in [-0.4, -0.2) is 42.5 Å². The van der Waals surface area contributed by atoms with E-state index in [2.05, 4.69) is 9.97 Å². The lowest BCUT2D eigenvalue weighted by Gasteiger charge is -2.29. The van der Waals surface area contributed by atoms with Gasteiger partial charge in [0.05, 0.1) is 13.2 Å². The van der Waals surface area contributed by atoms with E-state index in [0.29, 0.717) is 12.8 Å². The van der Waals surface area contributed by atoms with Crippen LogP contribution >= 0.6 is 0 Å². The van der Waals surface area contributed by atoms with E-state index in [4.69, 9.17) is 0 Å². The number of aliphatic hydroxyl groups is 2. The molecule has 0 fully saturated rings. The molecule has 2 aromatic heterocycles. The molecule has 0 unspecified atom stereocenters. The fourth-order valence-corrected chi connectivity index (χ4v) is 2.14. The summed E-state index contributed by atoms with van der Waals surface area (Å²) in [6.45, 7) is -0.216. The van der Waals surface area contributed by atoms with Crippen LogP contribution in [0.4, 0.5) is 0 Å². The standard InChI is InChI=1S/C13H20N4O2/c1-16-5-3-14-11(16)7-13(9-18,10-19)8-12-15-4-6-17(12)2/h3-6,18-19H,7-10H2,1-2H3. The van der Waals surface area contributed by atoms with E-state index in [0.717, 1.165) is 11.6 Å². The summed E-state index contributed by atoms with van der Waals surface area (Å²) >= 11 is 0. The quantitative estimate of drug-likeness (QED) is 0.764. The molecule has 0 atom stereocenters. The maximum Gasteiger partial charge on any atom is 0.109 e. The van der Waals surface area contributed by atoms with Crippen LogP contribution < -0.4 is 0 Å². The molecule has 104 valence electrons. The highest BCUT2D eigenvalue weighted by Gasteiger charge is 2.32. The molecule has 6 heteroatoms. The molecule has 6 nitrogen and oxygen atoms in total. The highest BCUT2D eigenvalue weighted by molar-refractivity contribution is 5.03. The molecule has 2 rings (SSSR count). The van der Waals surface area contributed by atoms with Crippen molar-refractivity contribution < 1.29 is 10.2 Å². The van der Waals surface area contributed by atoms with Gasteiger partial charge in [0.15, 0.2) is 0 Å². The third-order valence-corrected chi connectivity index (χ3v) is 3.58. The molecule has 2 aromatic rings. The second-order valence-electron chi connectivity index (χ2n) is 5.08. The van der Waals surface area contributed by atoms with Crippen molar-refractivity contribution in [2.45, 2.75) is 12.8 Å². The summed E-state index contributed by atoms with van der Waals surface area (Å²) in [4.78, 5) is 8.52. The molecule has 0 saturated heterocycles. The van der Waals surface area contributed by atoms with Crippen LogP contribution in [0.5, 0.6) is 0 Å². The first-order valence-electron chi connectivity index (χ1n) is 6.24.